The van der Waals surface area contributed by atoms with Gasteiger partial charge in [-0.05, 0) is 5.56 Å². The number of rotatable bonds is 2. The molecular formula is C9H6Cl2F3N. The molecule has 0 N–H and O–H groups in total. The van der Waals surface area contributed by atoms with Gasteiger partial charge in [0.1, 0.15) is 0 Å². The Morgan fingerprint density at radius 1 is 1.20 bits per heavy atom. The molecule has 0 fully saturated rings. The van der Waals surface area contributed by atoms with E-state index < -0.39 is 16.8 Å². The molecule has 1 aromatic carbocycles. The Hall–Kier alpha value is -0.740. The van der Waals surface area contributed by atoms with Gasteiger partial charge in [-0.3, -0.25) is 0 Å². The Morgan fingerprint density at radius 2 is 1.73 bits per heavy atom. The van der Waals surface area contributed by atoms with Crippen molar-refractivity contribution in [2.75, 3.05) is 0 Å². The first-order valence-electron chi connectivity index (χ1n) is 3.91. The molecule has 0 amide bonds. The van der Waals surface area contributed by atoms with Gasteiger partial charge in [0.25, 0.3) is 0 Å². The number of hydrogen-bond acceptors (Lipinski definition) is 1. The molecule has 0 saturated carbocycles. The second kappa shape index (κ2) is 4.86. The molecule has 1 atom stereocenters. The summed E-state index contributed by atoms with van der Waals surface area (Å²) in [6.45, 7) is 0. The van der Waals surface area contributed by atoms with E-state index in [-0.39, 0.29) is 0 Å². The van der Waals surface area contributed by atoms with Crippen LogP contribution in [-0.4, -0.2) is 11.3 Å². The first-order chi connectivity index (χ1) is 6.91. The van der Waals surface area contributed by atoms with E-state index in [0.29, 0.717) is 5.56 Å². The number of alkyl halides is 4. The van der Waals surface area contributed by atoms with Crippen molar-refractivity contribution in [1.82, 2.24) is 0 Å². The molecule has 6 heteroatoms. The molecule has 1 unspecified atom stereocenters. The minimum absolute atomic E-state index is 0.460. The lowest BCUT2D eigenvalue weighted by atomic mass is 10.2. The van der Waals surface area contributed by atoms with Crippen molar-refractivity contribution in [3.63, 3.8) is 0 Å². The van der Waals surface area contributed by atoms with Crippen LogP contribution in [0.3, 0.4) is 0 Å². The summed E-state index contributed by atoms with van der Waals surface area (Å²) in [5, 5.41) is -1.45. The number of aliphatic imine (C=N–C) groups is 1. The second-order valence-electron chi connectivity index (χ2n) is 2.66. The fourth-order valence-electron chi connectivity index (χ4n) is 0.859. The molecule has 15 heavy (non-hydrogen) atoms. The van der Waals surface area contributed by atoms with Crippen molar-refractivity contribution in [2.24, 2.45) is 4.99 Å². The normalized spacial score (nSPS) is 15.1. The molecule has 0 aliphatic rings. The summed E-state index contributed by atoms with van der Waals surface area (Å²) in [6, 6.07) is 8.18. The van der Waals surface area contributed by atoms with Gasteiger partial charge in [-0.25, -0.2) is 4.99 Å². The zero-order valence-corrected chi connectivity index (χ0v) is 8.81. The number of benzene rings is 1. The van der Waals surface area contributed by atoms with E-state index in [1.807, 2.05) is 0 Å². The van der Waals surface area contributed by atoms with Crippen LogP contribution in [-0.2, 0) is 0 Å². The van der Waals surface area contributed by atoms with E-state index in [1.165, 1.54) is 0 Å². The highest BCUT2D eigenvalue weighted by Gasteiger charge is 2.35. The third-order valence-corrected chi connectivity index (χ3v) is 2.20. The van der Waals surface area contributed by atoms with Crippen LogP contribution in [0.2, 0.25) is 0 Å². The summed E-state index contributed by atoms with van der Waals surface area (Å²) >= 11 is 10.6. The highest BCUT2D eigenvalue weighted by Crippen LogP contribution is 2.27. The zero-order chi connectivity index (χ0) is 11.5. The zero-order valence-electron chi connectivity index (χ0n) is 7.30. The first kappa shape index (κ1) is 12.3. The minimum atomic E-state index is -4.65. The predicted octanol–water partition coefficient (Wildman–Crippen LogP) is 4.12. The van der Waals surface area contributed by atoms with Gasteiger partial charge >= 0.3 is 6.18 Å². The van der Waals surface area contributed by atoms with E-state index >= 15 is 0 Å². The van der Waals surface area contributed by atoms with Gasteiger partial charge in [0.15, 0.2) is 5.50 Å². The van der Waals surface area contributed by atoms with E-state index in [4.69, 9.17) is 23.2 Å². The maximum absolute atomic E-state index is 12.0. The first-order valence-corrected chi connectivity index (χ1v) is 4.72. The number of hydrogen-bond donors (Lipinski definition) is 0. The molecule has 82 valence electrons. The summed E-state index contributed by atoms with van der Waals surface area (Å²) in [7, 11) is 0. The third-order valence-electron chi connectivity index (χ3n) is 1.54. The highest BCUT2D eigenvalue weighted by molar-refractivity contribution is 6.67. The Kier molecular flexibility index (Phi) is 3.99. The molecule has 0 aromatic heterocycles. The molecule has 1 rings (SSSR count). The molecule has 1 aromatic rings. The molecular weight excluding hydrogens is 250 g/mol. The lowest BCUT2D eigenvalue weighted by Crippen LogP contribution is -2.17. The fraction of sp³-hybridized carbons (Fsp3) is 0.222. The van der Waals surface area contributed by atoms with Crippen molar-refractivity contribution in [2.45, 2.75) is 11.7 Å². The van der Waals surface area contributed by atoms with Gasteiger partial charge in [0, 0.05) is 0 Å². The van der Waals surface area contributed by atoms with Crippen LogP contribution >= 0.6 is 23.2 Å². The average molecular weight is 256 g/mol. The predicted molar refractivity (Wildman–Crippen MR) is 54.4 cm³/mol. The van der Waals surface area contributed by atoms with Gasteiger partial charge in [-0.2, -0.15) is 13.2 Å². The van der Waals surface area contributed by atoms with Gasteiger partial charge < -0.3 is 0 Å². The summed E-state index contributed by atoms with van der Waals surface area (Å²) in [5.41, 5.74) is -0.665. The molecule has 0 spiro atoms. The van der Waals surface area contributed by atoms with E-state index in [2.05, 4.69) is 4.99 Å². The van der Waals surface area contributed by atoms with E-state index in [9.17, 15) is 13.2 Å². The largest absolute Gasteiger partial charge is 0.444 e. The Bertz CT molecular complexity index is 348. The molecule has 0 radical (unpaired) electrons. The number of halogens is 5. The molecule has 1 nitrogen and oxygen atoms in total. The second-order valence-corrected chi connectivity index (χ2v) is 3.44. The van der Waals surface area contributed by atoms with Crippen LogP contribution in [0.4, 0.5) is 13.2 Å². The van der Waals surface area contributed by atoms with Crippen LogP contribution in [0.5, 0.6) is 0 Å². The van der Waals surface area contributed by atoms with Crippen LogP contribution in [0.15, 0.2) is 35.3 Å². The Labute approximate surface area is 94.5 Å². The van der Waals surface area contributed by atoms with Crippen molar-refractivity contribution in [3.8, 4) is 0 Å². The average Bonchev–Trinajstić information content (AvgIpc) is 2.17. The monoisotopic (exact) mass is 255 g/mol. The van der Waals surface area contributed by atoms with Crippen molar-refractivity contribution in [3.05, 3.63) is 35.9 Å². The van der Waals surface area contributed by atoms with E-state index in [1.54, 1.807) is 30.3 Å². The smallest absolute Gasteiger partial charge is 0.245 e. The maximum Gasteiger partial charge on any atom is 0.444 e. The topological polar surface area (TPSA) is 12.4 Å². The molecule has 0 aliphatic carbocycles. The lowest BCUT2D eigenvalue weighted by Gasteiger charge is -2.07. The van der Waals surface area contributed by atoms with Crippen molar-refractivity contribution >= 4 is 28.4 Å². The van der Waals surface area contributed by atoms with E-state index in [0.717, 1.165) is 0 Å². The van der Waals surface area contributed by atoms with Gasteiger partial charge in [-0.15, -0.1) is 0 Å². The Balaban J connectivity index is 2.84. The van der Waals surface area contributed by atoms with Gasteiger partial charge in [0.05, 0.1) is 0 Å². The van der Waals surface area contributed by atoms with Crippen molar-refractivity contribution in [1.29, 1.82) is 0 Å². The lowest BCUT2D eigenvalue weighted by molar-refractivity contribution is -0.0561. The molecule has 0 aliphatic heterocycles. The standard InChI is InChI=1S/C9H6Cl2F3N/c10-7(6-4-2-1-3-5-6)15-8(11)9(12,13)14/h1-5,7H/b15-8-. The third kappa shape index (κ3) is 3.72. The summed E-state index contributed by atoms with van der Waals surface area (Å²) in [4.78, 5) is 3.14. The quantitative estimate of drug-likeness (QED) is 0.428. The maximum atomic E-state index is 12.0. The van der Waals surface area contributed by atoms with Crippen LogP contribution < -0.4 is 0 Å². The Morgan fingerprint density at radius 3 is 2.20 bits per heavy atom. The fourth-order valence-corrected chi connectivity index (χ4v) is 1.25. The summed E-state index contributed by atoms with van der Waals surface area (Å²) < 4.78 is 36.0. The highest BCUT2D eigenvalue weighted by atomic mass is 35.5. The molecule has 0 saturated heterocycles. The number of nitrogens with zero attached hydrogens (tertiary/aromatic N) is 1. The minimum Gasteiger partial charge on any atom is -0.245 e. The summed E-state index contributed by atoms with van der Waals surface area (Å²) in [6.07, 6.45) is -4.65. The van der Waals surface area contributed by atoms with Crippen LogP contribution in [0.1, 0.15) is 11.1 Å². The molecule has 0 heterocycles. The summed E-state index contributed by atoms with van der Waals surface area (Å²) in [5.74, 6) is 0. The SMILES string of the molecule is FC(F)(F)/C(Cl)=N/C(Cl)c1ccccc1. The molecule has 0 bridgehead atoms. The van der Waals surface area contributed by atoms with Crippen LogP contribution in [0.25, 0.3) is 0 Å². The van der Waals surface area contributed by atoms with Gasteiger partial charge in [0.2, 0.25) is 5.17 Å². The van der Waals surface area contributed by atoms with Gasteiger partial charge in [-0.1, -0.05) is 53.5 Å². The van der Waals surface area contributed by atoms with Crippen molar-refractivity contribution < 1.29 is 13.2 Å². The van der Waals surface area contributed by atoms with Crippen LogP contribution in [0, 0.1) is 0 Å².